The maximum atomic E-state index is 12.8. The van der Waals surface area contributed by atoms with Gasteiger partial charge in [-0.15, -0.1) is 0 Å². The van der Waals surface area contributed by atoms with Crippen molar-refractivity contribution < 1.29 is 18.7 Å². The van der Waals surface area contributed by atoms with Gasteiger partial charge in [-0.2, -0.15) is 0 Å². The van der Waals surface area contributed by atoms with E-state index in [0.717, 1.165) is 6.42 Å². The largest absolute Gasteiger partial charge is 0.465 e. The molecule has 1 aromatic rings. The molecule has 5 nitrogen and oxygen atoms in total. The van der Waals surface area contributed by atoms with Crippen molar-refractivity contribution in [2.75, 3.05) is 31.6 Å². The number of carbonyl (C=O) groups is 2. The topological polar surface area (TPSA) is 58.6 Å². The molecular formula is C15H21FN2O3. The molecule has 0 fully saturated rings. The minimum Gasteiger partial charge on any atom is -0.465 e. The predicted octanol–water partition coefficient (Wildman–Crippen LogP) is 2.04. The molecule has 0 saturated heterocycles. The minimum atomic E-state index is -0.358. The zero-order valence-electron chi connectivity index (χ0n) is 12.4. The number of esters is 1. The Bertz CT molecular complexity index is 462. The van der Waals surface area contributed by atoms with Crippen LogP contribution in [0.15, 0.2) is 24.3 Å². The van der Waals surface area contributed by atoms with Crippen LogP contribution >= 0.6 is 0 Å². The van der Waals surface area contributed by atoms with Gasteiger partial charge in [0.15, 0.2) is 0 Å². The van der Waals surface area contributed by atoms with E-state index in [-0.39, 0.29) is 30.8 Å². The van der Waals surface area contributed by atoms with Crippen molar-refractivity contribution in [3.8, 4) is 0 Å². The standard InChI is InChI=1S/C15H21FN2O3/c1-3-9-18(11-15(20)21-4-2)10-14(19)17-13-7-5-12(16)6-8-13/h5-8H,3-4,9-11H2,1-2H3,(H,17,19). The Kier molecular flexibility index (Phi) is 7.39. The number of nitrogens with one attached hydrogen (secondary N) is 1. The molecule has 0 atom stereocenters. The zero-order chi connectivity index (χ0) is 15.7. The first kappa shape index (κ1) is 17.1. The minimum absolute atomic E-state index is 0.0819. The van der Waals surface area contributed by atoms with Crippen molar-refractivity contribution >= 4 is 17.6 Å². The van der Waals surface area contributed by atoms with Crippen LogP contribution in [0.3, 0.4) is 0 Å². The van der Waals surface area contributed by atoms with Gasteiger partial charge in [-0.1, -0.05) is 6.92 Å². The second-order valence-corrected chi connectivity index (χ2v) is 4.57. The Labute approximate surface area is 124 Å². The van der Waals surface area contributed by atoms with Gasteiger partial charge in [0.05, 0.1) is 19.7 Å². The molecule has 0 aromatic heterocycles. The van der Waals surface area contributed by atoms with Gasteiger partial charge in [0, 0.05) is 5.69 Å². The van der Waals surface area contributed by atoms with E-state index in [2.05, 4.69) is 5.32 Å². The second kappa shape index (κ2) is 9.07. The quantitative estimate of drug-likeness (QED) is 0.746. The van der Waals surface area contributed by atoms with Gasteiger partial charge >= 0.3 is 5.97 Å². The Balaban J connectivity index is 2.51. The van der Waals surface area contributed by atoms with E-state index in [0.29, 0.717) is 18.8 Å². The van der Waals surface area contributed by atoms with Gasteiger partial charge in [-0.25, -0.2) is 4.39 Å². The van der Waals surface area contributed by atoms with Crippen molar-refractivity contribution in [1.29, 1.82) is 0 Å². The monoisotopic (exact) mass is 296 g/mol. The molecule has 1 aromatic carbocycles. The van der Waals surface area contributed by atoms with Gasteiger partial charge in [0.25, 0.3) is 0 Å². The summed E-state index contributed by atoms with van der Waals surface area (Å²) in [5.74, 6) is -0.956. The summed E-state index contributed by atoms with van der Waals surface area (Å²) >= 11 is 0. The Morgan fingerprint density at radius 2 is 1.86 bits per heavy atom. The first-order valence-electron chi connectivity index (χ1n) is 6.98. The number of benzene rings is 1. The summed E-state index contributed by atoms with van der Waals surface area (Å²) in [5, 5.41) is 2.66. The first-order valence-corrected chi connectivity index (χ1v) is 6.98. The van der Waals surface area contributed by atoms with Gasteiger partial charge in [-0.05, 0) is 44.2 Å². The average molecular weight is 296 g/mol. The molecule has 1 N–H and O–H groups in total. The van der Waals surface area contributed by atoms with E-state index in [1.807, 2.05) is 6.92 Å². The highest BCUT2D eigenvalue weighted by molar-refractivity contribution is 5.92. The summed E-state index contributed by atoms with van der Waals surface area (Å²) in [7, 11) is 0. The van der Waals surface area contributed by atoms with E-state index >= 15 is 0 Å². The molecule has 0 aliphatic rings. The van der Waals surface area contributed by atoms with Crippen molar-refractivity contribution in [2.24, 2.45) is 0 Å². The molecule has 0 saturated carbocycles. The SMILES string of the molecule is CCCN(CC(=O)Nc1ccc(F)cc1)CC(=O)OCC. The number of halogens is 1. The molecule has 0 aliphatic carbocycles. The number of hydrogen-bond donors (Lipinski definition) is 1. The average Bonchev–Trinajstić information content (AvgIpc) is 2.41. The zero-order valence-corrected chi connectivity index (χ0v) is 12.4. The predicted molar refractivity (Wildman–Crippen MR) is 78.4 cm³/mol. The van der Waals surface area contributed by atoms with Gasteiger partial charge < -0.3 is 10.1 Å². The van der Waals surface area contributed by atoms with Gasteiger partial charge in [-0.3, -0.25) is 14.5 Å². The summed E-state index contributed by atoms with van der Waals surface area (Å²) in [6.45, 7) is 4.82. The molecule has 1 amide bonds. The molecule has 6 heteroatoms. The van der Waals surface area contributed by atoms with Crippen LogP contribution in [-0.2, 0) is 14.3 Å². The molecule has 21 heavy (non-hydrogen) atoms. The number of hydrogen-bond acceptors (Lipinski definition) is 4. The van der Waals surface area contributed by atoms with Gasteiger partial charge in [0.2, 0.25) is 5.91 Å². The lowest BCUT2D eigenvalue weighted by atomic mass is 10.3. The normalized spacial score (nSPS) is 10.5. The summed E-state index contributed by atoms with van der Waals surface area (Å²) in [5.41, 5.74) is 0.522. The number of nitrogens with zero attached hydrogens (tertiary/aromatic N) is 1. The molecule has 0 unspecified atom stereocenters. The molecule has 0 aliphatic heterocycles. The summed E-state index contributed by atoms with van der Waals surface area (Å²) in [6.07, 6.45) is 0.823. The van der Waals surface area contributed by atoms with Crippen LogP contribution in [0.25, 0.3) is 0 Å². The lowest BCUT2D eigenvalue weighted by molar-refractivity contribution is -0.144. The fourth-order valence-corrected chi connectivity index (χ4v) is 1.86. The third-order valence-electron chi connectivity index (χ3n) is 2.69. The van der Waals surface area contributed by atoms with Crippen LogP contribution < -0.4 is 5.32 Å². The molecule has 0 bridgehead atoms. The van der Waals surface area contributed by atoms with Crippen LogP contribution in [0.5, 0.6) is 0 Å². The van der Waals surface area contributed by atoms with Crippen LogP contribution in [0.1, 0.15) is 20.3 Å². The highest BCUT2D eigenvalue weighted by Crippen LogP contribution is 2.08. The van der Waals surface area contributed by atoms with E-state index in [1.165, 1.54) is 24.3 Å². The maximum absolute atomic E-state index is 12.8. The molecular weight excluding hydrogens is 275 g/mol. The lowest BCUT2D eigenvalue weighted by Gasteiger charge is -2.19. The van der Waals surface area contributed by atoms with Crippen molar-refractivity contribution in [1.82, 2.24) is 4.90 Å². The Morgan fingerprint density at radius 1 is 1.19 bits per heavy atom. The smallest absolute Gasteiger partial charge is 0.320 e. The van der Waals surface area contributed by atoms with E-state index in [1.54, 1.807) is 11.8 Å². The van der Waals surface area contributed by atoms with Crippen molar-refractivity contribution in [3.05, 3.63) is 30.1 Å². The molecule has 0 spiro atoms. The number of carbonyl (C=O) groups excluding carboxylic acids is 2. The summed E-state index contributed by atoms with van der Waals surface area (Å²) < 4.78 is 17.7. The fourth-order valence-electron chi connectivity index (χ4n) is 1.86. The van der Waals surface area contributed by atoms with E-state index in [9.17, 15) is 14.0 Å². The van der Waals surface area contributed by atoms with Crippen LogP contribution in [-0.4, -0.2) is 43.0 Å². The molecule has 1 rings (SSSR count). The van der Waals surface area contributed by atoms with Crippen LogP contribution in [0, 0.1) is 5.82 Å². The second-order valence-electron chi connectivity index (χ2n) is 4.57. The summed E-state index contributed by atoms with van der Waals surface area (Å²) in [6, 6.07) is 5.53. The highest BCUT2D eigenvalue weighted by Gasteiger charge is 2.14. The highest BCUT2D eigenvalue weighted by atomic mass is 19.1. The van der Waals surface area contributed by atoms with Crippen LogP contribution in [0.4, 0.5) is 10.1 Å². The number of anilines is 1. The lowest BCUT2D eigenvalue weighted by Crippen LogP contribution is -2.38. The van der Waals surface area contributed by atoms with E-state index in [4.69, 9.17) is 4.74 Å². The fraction of sp³-hybridized carbons (Fsp3) is 0.467. The first-order chi connectivity index (χ1) is 10.0. The van der Waals surface area contributed by atoms with Crippen LogP contribution in [0.2, 0.25) is 0 Å². The summed E-state index contributed by atoms with van der Waals surface area (Å²) in [4.78, 5) is 25.1. The number of ether oxygens (including phenoxy) is 1. The molecule has 116 valence electrons. The third-order valence-corrected chi connectivity index (χ3v) is 2.69. The molecule has 0 heterocycles. The van der Waals surface area contributed by atoms with E-state index < -0.39 is 0 Å². The Morgan fingerprint density at radius 3 is 2.43 bits per heavy atom. The Hall–Kier alpha value is -1.95. The third kappa shape index (κ3) is 6.85. The van der Waals surface area contributed by atoms with Crippen molar-refractivity contribution in [3.63, 3.8) is 0 Å². The molecule has 0 radical (unpaired) electrons. The number of rotatable bonds is 8. The van der Waals surface area contributed by atoms with Gasteiger partial charge in [0.1, 0.15) is 5.82 Å². The van der Waals surface area contributed by atoms with Crippen molar-refractivity contribution in [2.45, 2.75) is 20.3 Å². The maximum Gasteiger partial charge on any atom is 0.320 e. The number of amides is 1.